The lowest BCUT2D eigenvalue weighted by atomic mass is 10.0. The van der Waals surface area contributed by atoms with E-state index < -0.39 is 5.54 Å². The van der Waals surface area contributed by atoms with Crippen molar-refractivity contribution in [3.8, 4) is 0 Å². The van der Waals surface area contributed by atoms with E-state index in [2.05, 4.69) is 24.1 Å². The van der Waals surface area contributed by atoms with E-state index in [0.29, 0.717) is 12.6 Å². The van der Waals surface area contributed by atoms with Crippen LogP contribution in [0.2, 0.25) is 0 Å². The largest absolute Gasteiger partial charge is 0.465 e. The van der Waals surface area contributed by atoms with Gasteiger partial charge in [0.05, 0.1) is 6.61 Å². The van der Waals surface area contributed by atoms with Gasteiger partial charge in [-0.05, 0) is 52.6 Å². The van der Waals surface area contributed by atoms with Gasteiger partial charge in [0.1, 0.15) is 5.54 Å². The van der Waals surface area contributed by atoms with Crippen LogP contribution in [0.25, 0.3) is 0 Å². The van der Waals surface area contributed by atoms with Gasteiger partial charge in [-0.2, -0.15) is 0 Å². The van der Waals surface area contributed by atoms with Gasteiger partial charge in [-0.3, -0.25) is 9.69 Å². The molecule has 0 bridgehead atoms. The van der Waals surface area contributed by atoms with Crippen LogP contribution in [-0.2, 0) is 9.53 Å². The van der Waals surface area contributed by atoms with Crippen molar-refractivity contribution in [1.82, 2.24) is 10.2 Å². The number of likely N-dealkylation sites (tertiary alicyclic amines) is 1. The zero-order valence-corrected chi connectivity index (χ0v) is 13.0. The third-order valence-corrected chi connectivity index (χ3v) is 3.98. The second kappa shape index (κ2) is 7.85. The van der Waals surface area contributed by atoms with Gasteiger partial charge in [-0.25, -0.2) is 0 Å². The van der Waals surface area contributed by atoms with Gasteiger partial charge in [0.15, 0.2) is 0 Å². The number of carbonyl (C=O) groups excluding carboxylic acids is 1. The predicted molar refractivity (Wildman–Crippen MR) is 78.2 cm³/mol. The van der Waals surface area contributed by atoms with Crippen molar-refractivity contribution < 1.29 is 9.53 Å². The second-order valence-electron chi connectivity index (χ2n) is 5.65. The number of esters is 1. The Labute approximate surface area is 117 Å². The second-order valence-corrected chi connectivity index (χ2v) is 5.65. The number of nitrogens with one attached hydrogen (secondary N) is 1. The summed E-state index contributed by atoms with van der Waals surface area (Å²) in [7, 11) is 0. The van der Waals surface area contributed by atoms with Crippen molar-refractivity contribution in [2.45, 2.75) is 65.0 Å². The maximum absolute atomic E-state index is 12.2. The van der Waals surface area contributed by atoms with Crippen molar-refractivity contribution in [2.24, 2.45) is 0 Å². The van der Waals surface area contributed by atoms with Crippen LogP contribution >= 0.6 is 0 Å². The van der Waals surface area contributed by atoms with Crippen LogP contribution in [0.4, 0.5) is 0 Å². The zero-order chi connectivity index (χ0) is 14.3. The molecule has 1 N–H and O–H groups in total. The normalized spacial score (nSPS) is 23.3. The Kier molecular flexibility index (Phi) is 6.80. The average molecular weight is 270 g/mol. The molecule has 1 aliphatic heterocycles. The van der Waals surface area contributed by atoms with Crippen LogP contribution in [0.15, 0.2) is 0 Å². The average Bonchev–Trinajstić information content (AvgIpc) is 2.83. The number of hydrogen-bond acceptors (Lipinski definition) is 4. The number of hydrogen-bond donors (Lipinski definition) is 1. The SMILES string of the molecule is CCCNC(C)(CN1CCCC1CC)C(=O)OCC. The highest BCUT2D eigenvalue weighted by Crippen LogP contribution is 2.23. The minimum atomic E-state index is -0.580. The lowest BCUT2D eigenvalue weighted by Crippen LogP contribution is -2.58. The first-order valence-corrected chi connectivity index (χ1v) is 7.73. The molecule has 1 fully saturated rings. The Morgan fingerprint density at radius 1 is 1.42 bits per heavy atom. The molecular formula is C15H30N2O2. The highest BCUT2D eigenvalue weighted by Gasteiger charge is 2.38. The van der Waals surface area contributed by atoms with Gasteiger partial charge in [0.25, 0.3) is 0 Å². The molecule has 1 aliphatic rings. The van der Waals surface area contributed by atoms with E-state index in [1.54, 1.807) is 0 Å². The summed E-state index contributed by atoms with van der Waals surface area (Å²) in [5.74, 6) is -0.120. The first-order chi connectivity index (χ1) is 9.07. The summed E-state index contributed by atoms with van der Waals surface area (Å²) in [5, 5.41) is 3.39. The molecule has 0 saturated carbocycles. The molecule has 1 saturated heterocycles. The molecule has 0 amide bonds. The molecule has 2 atom stereocenters. The molecule has 0 spiro atoms. The fraction of sp³-hybridized carbons (Fsp3) is 0.933. The summed E-state index contributed by atoms with van der Waals surface area (Å²) in [6, 6.07) is 0.622. The minimum absolute atomic E-state index is 0.120. The van der Waals surface area contributed by atoms with Gasteiger partial charge in [-0.1, -0.05) is 13.8 Å². The molecule has 1 rings (SSSR count). The molecule has 2 unspecified atom stereocenters. The van der Waals surface area contributed by atoms with Crippen LogP contribution in [0, 0.1) is 0 Å². The lowest BCUT2D eigenvalue weighted by molar-refractivity contribution is -0.151. The number of carbonyl (C=O) groups is 1. The van der Waals surface area contributed by atoms with Gasteiger partial charge in [0, 0.05) is 12.6 Å². The van der Waals surface area contributed by atoms with Gasteiger partial charge >= 0.3 is 5.97 Å². The third-order valence-electron chi connectivity index (χ3n) is 3.98. The molecule has 4 heteroatoms. The van der Waals surface area contributed by atoms with Crippen LogP contribution in [0.5, 0.6) is 0 Å². The zero-order valence-electron chi connectivity index (χ0n) is 13.0. The predicted octanol–water partition coefficient (Wildman–Crippen LogP) is 2.18. The molecule has 0 aromatic carbocycles. The Morgan fingerprint density at radius 3 is 2.74 bits per heavy atom. The van der Waals surface area contributed by atoms with Crippen LogP contribution < -0.4 is 5.32 Å². The molecule has 0 aromatic heterocycles. The van der Waals surface area contributed by atoms with Gasteiger partial charge in [0.2, 0.25) is 0 Å². The summed E-state index contributed by atoms with van der Waals surface area (Å²) in [5.41, 5.74) is -0.580. The Bertz CT molecular complexity index is 283. The topological polar surface area (TPSA) is 41.6 Å². The fourth-order valence-electron chi connectivity index (χ4n) is 2.86. The van der Waals surface area contributed by atoms with Crippen molar-refractivity contribution in [2.75, 3.05) is 26.2 Å². The lowest BCUT2D eigenvalue weighted by Gasteiger charge is -2.35. The Balaban J connectivity index is 2.69. The molecule has 0 radical (unpaired) electrons. The van der Waals surface area contributed by atoms with Crippen molar-refractivity contribution in [1.29, 1.82) is 0 Å². The van der Waals surface area contributed by atoms with Crippen molar-refractivity contribution >= 4 is 5.97 Å². The maximum atomic E-state index is 12.2. The summed E-state index contributed by atoms with van der Waals surface area (Å²) in [6.07, 6.45) is 4.67. The van der Waals surface area contributed by atoms with Crippen molar-refractivity contribution in [3.63, 3.8) is 0 Å². The fourth-order valence-corrected chi connectivity index (χ4v) is 2.86. The maximum Gasteiger partial charge on any atom is 0.327 e. The molecule has 0 aliphatic carbocycles. The molecule has 19 heavy (non-hydrogen) atoms. The summed E-state index contributed by atoms with van der Waals surface area (Å²) in [4.78, 5) is 14.7. The number of nitrogens with zero attached hydrogens (tertiary/aromatic N) is 1. The van der Waals surface area contributed by atoms with E-state index in [1.165, 1.54) is 12.8 Å². The van der Waals surface area contributed by atoms with E-state index in [1.807, 2.05) is 13.8 Å². The summed E-state index contributed by atoms with van der Waals surface area (Å²) in [6.45, 7) is 11.3. The molecule has 4 nitrogen and oxygen atoms in total. The van der Waals surface area contributed by atoms with Gasteiger partial charge < -0.3 is 10.1 Å². The third kappa shape index (κ3) is 4.46. The molecule has 112 valence electrons. The van der Waals surface area contributed by atoms with Gasteiger partial charge in [-0.15, -0.1) is 0 Å². The summed E-state index contributed by atoms with van der Waals surface area (Å²) < 4.78 is 5.26. The molecule has 1 heterocycles. The molecule has 0 aromatic rings. The van der Waals surface area contributed by atoms with E-state index in [0.717, 1.165) is 32.5 Å². The van der Waals surface area contributed by atoms with Crippen LogP contribution in [0.1, 0.15) is 53.4 Å². The van der Waals surface area contributed by atoms with E-state index in [4.69, 9.17) is 4.74 Å². The first kappa shape index (κ1) is 16.4. The highest BCUT2D eigenvalue weighted by atomic mass is 16.5. The first-order valence-electron chi connectivity index (χ1n) is 7.73. The van der Waals surface area contributed by atoms with Crippen LogP contribution in [-0.4, -0.2) is 48.7 Å². The molecular weight excluding hydrogens is 240 g/mol. The number of ether oxygens (including phenoxy) is 1. The monoisotopic (exact) mass is 270 g/mol. The van der Waals surface area contributed by atoms with E-state index in [9.17, 15) is 4.79 Å². The quantitative estimate of drug-likeness (QED) is 0.686. The highest BCUT2D eigenvalue weighted by molar-refractivity contribution is 5.80. The Hall–Kier alpha value is -0.610. The Morgan fingerprint density at radius 2 is 2.16 bits per heavy atom. The smallest absolute Gasteiger partial charge is 0.327 e. The van der Waals surface area contributed by atoms with E-state index >= 15 is 0 Å². The van der Waals surface area contributed by atoms with Crippen LogP contribution in [0.3, 0.4) is 0 Å². The summed E-state index contributed by atoms with van der Waals surface area (Å²) >= 11 is 0. The van der Waals surface area contributed by atoms with Crippen molar-refractivity contribution in [3.05, 3.63) is 0 Å². The standard InChI is InChI=1S/C15H30N2O2/c1-5-10-16-15(4,14(18)19-7-3)12-17-11-8-9-13(17)6-2/h13,16H,5-12H2,1-4H3. The number of rotatable bonds is 8. The van der Waals surface area contributed by atoms with E-state index in [-0.39, 0.29) is 5.97 Å². The minimum Gasteiger partial charge on any atom is -0.465 e.